The molecule has 1 aliphatic rings. The molecule has 0 radical (unpaired) electrons. The molecule has 0 saturated heterocycles. The van der Waals surface area contributed by atoms with E-state index in [-0.39, 0.29) is 5.41 Å². The van der Waals surface area contributed by atoms with Gasteiger partial charge in [0.15, 0.2) is 0 Å². The van der Waals surface area contributed by atoms with Crippen LogP contribution >= 0.6 is 0 Å². The van der Waals surface area contributed by atoms with E-state index in [1.807, 2.05) is 0 Å². The van der Waals surface area contributed by atoms with E-state index >= 15 is 0 Å². The number of allylic oxidation sites excluding steroid dienone is 4. The van der Waals surface area contributed by atoms with Crippen LogP contribution in [-0.2, 0) is 5.41 Å². The molecule has 1 aliphatic carbocycles. The molecule has 20 heavy (non-hydrogen) atoms. The third-order valence-corrected chi connectivity index (χ3v) is 3.82. The van der Waals surface area contributed by atoms with Crippen LogP contribution in [0.4, 0.5) is 0 Å². The van der Waals surface area contributed by atoms with Crippen LogP contribution < -0.4 is 0 Å². The Balaban J connectivity index is 2.22. The Hall–Kier alpha value is -1.74. The van der Waals surface area contributed by atoms with Gasteiger partial charge in [0, 0.05) is 6.42 Å². The summed E-state index contributed by atoms with van der Waals surface area (Å²) in [5.41, 5.74) is 2.60. The van der Waals surface area contributed by atoms with E-state index in [4.69, 9.17) is 0 Å². The zero-order valence-corrected chi connectivity index (χ0v) is 12.7. The fourth-order valence-corrected chi connectivity index (χ4v) is 2.71. The highest BCUT2D eigenvalue weighted by atomic mass is 14.3. The first-order valence-electron chi connectivity index (χ1n) is 7.67. The number of hydrogen-bond donors (Lipinski definition) is 0. The predicted octanol–water partition coefficient (Wildman–Crippen LogP) is 5.41. The fraction of sp³-hybridized carbons (Fsp3) is 0.400. The van der Waals surface area contributed by atoms with E-state index in [1.54, 1.807) is 0 Å². The third kappa shape index (κ3) is 3.64. The van der Waals surface area contributed by atoms with Gasteiger partial charge in [0.25, 0.3) is 0 Å². The standard InChI is InChI=1S/C20H24/c1-3-4-5-6-10-15-20(16-11-12-18(2)17-20)19-13-8-7-9-14-19/h7-9,11-14,16H,3-6,17H2,1-2H3. The smallest absolute Gasteiger partial charge is 0.0782 e. The molecular weight excluding hydrogens is 240 g/mol. The highest BCUT2D eigenvalue weighted by molar-refractivity contribution is 5.46. The second kappa shape index (κ2) is 7.15. The lowest BCUT2D eigenvalue weighted by atomic mass is 9.73. The van der Waals surface area contributed by atoms with Crippen molar-refractivity contribution < 1.29 is 0 Å². The molecule has 0 heteroatoms. The molecule has 0 amide bonds. The van der Waals surface area contributed by atoms with Crippen molar-refractivity contribution in [2.24, 2.45) is 0 Å². The zero-order valence-electron chi connectivity index (χ0n) is 12.7. The molecule has 0 aliphatic heterocycles. The summed E-state index contributed by atoms with van der Waals surface area (Å²) in [5, 5.41) is 0. The quantitative estimate of drug-likeness (QED) is 0.503. The van der Waals surface area contributed by atoms with Gasteiger partial charge < -0.3 is 0 Å². The summed E-state index contributed by atoms with van der Waals surface area (Å²) in [6.45, 7) is 4.43. The van der Waals surface area contributed by atoms with Crippen LogP contribution in [0.2, 0.25) is 0 Å². The van der Waals surface area contributed by atoms with Crippen molar-refractivity contribution in [1.29, 1.82) is 0 Å². The Morgan fingerprint density at radius 2 is 1.95 bits per heavy atom. The van der Waals surface area contributed by atoms with Gasteiger partial charge in [-0.05, 0) is 25.3 Å². The largest absolute Gasteiger partial charge is 0.102 e. The molecule has 0 N–H and O–H groups in total. The topological polar surface area (TPSA) is 0 Å². The first-order valence-corrected chi connectivity index (χ1v) is 7.67. The van der Waals surface area contributed by atoms with Crippen LogP contribution in [-0.4, -0.2) is 0 Å². The minimum Gasteiger partial charge on any atom is -0.102 e. The maximum atomic E-state index is 3.56. The van der Waals surface area contributed by atoms with Gasteiger partial charge in [0.2, 0.25) is 0 Å². The molecule has 104 valence electrons. The number of rotatable bonds is 4. The van der Waals surface area contributed by atoms with Gasteiger partial charge in [-0.2, -0.15) is 0 Å². The molecule has 0 aromatic heterocycles. The normalized spacial score (nSPS) is 21.0. The molecule has 1 aromatic rings. The summed E-state index contributed by atoms with van der Waals surface area (Å²) in [7, 11) is 0. The van der Waals surface area contributed by atoms with Crippen molar-refractivity contribution in [3.63, 3.8) is 0 Å². The van der Waals surface area contributed by atoms with E-state index in [9.17, 15) is 0 Å². The van der Waals surface area contributed by atoms with Crippen LogP contribution in [0.5, 0.6) is 0 Å². The van der Waals surface area contributed by atoms with Crippen LogP contribution in [0.15, 0.2) is 54.1 Å². The predicted molar refractivity (Wildman–Crippen MR) is 87.6 cm³/mol. The summed E-state index contributed by atoms with van der Waals surface area (Å²) in [6.07, 6.45) is 12.4. The summed E-state index contributed by atoms with van der Waals surface area (Å²) < 4.78 is 0. The van der Waals surface area contributed by atoms with Crippen LogP contribution in [0.25, 0.3) is 0 Å². The van der Waals surface area contributed by atoms with E-state index in [1.165, 1.54) is 30.4 Å². The SMILES string of the molecule is CCCCCC#CC1(c2ccccc2)C=CC=C(C)C1. The molecule has 0 saturated carbocycles. The lowest BCUT2D eigenvalue weighted by molar-refractivity contribution is 0.672. The molecule has 1 atom stereocenters. The number of unbranched alkanes of at least 4 members (excludes halogenated alkanes) is 3. The van der Waals surface area contributed by atoms with Crippen molar-refractivity contribution in [2.75, 3.05) is 0 Å². The first kappa shape index (κ1) is 14.7. The summed E-state index contributed by atoms with van der Waals surface area (Å²) in [6, 6.07) is 10.7. The molecule has 0 bridgehead atoms. The molecular formula is C20H24. The lowest BCUT2D eigenvalue weighted by Gasteiger charge is -2.28. The maximum Gasteiger partial charge on any atom is 0.0782 e. The average molecular weight is 264 g/mol. The minimum absolute atomic E-state index is 0.119. The van der Waals surface area contributed by atoms with Gasteiger partial charge in [-0.25, -0.2) is 0 Å². The molecule has 0 heterocycles. The van der Waals surface area contributed by atoms with Gasteiger partial charge in [0.05, 0.1) is 5.41 Å². The summed E-state index contributed by atoms with van der Waals surface area (Å²) in [4.78, 5) is 0. The van der Waals surface area contributed by atoms with E-state index in [2.05, 4.69) is 74.2 Å². The molecule has 0 nitrogen and oxygen atoms in total. The monoisotopic (exact) mass is 264 g/mol. The van der Waals surface area contributed by atoms with Crippen molar-refractivity contribution in [3.05, 3.63) is 59.7 Å². The summed E-state index contributed by atoms with van der Waals surface area (Å²) >= 11 is 0. The molecule has 0 spiro atoms. The highest BCUT2D eigenvalue weighted by Crippen LogP contribution is 2.35. The van der Waals surface area contributed by atoms with Crippen LogP contribution in [0.1, 0.15) is 51.5 Å². The average Bonchev–Trinajstić information content (AvgIpc) is 2.48. The van der Waals surface area contributed by atoms with Gasteiger partial charge in [-0.3, -0.25) is 0 Å². The van der Waals surface area contributed by atoms with Crippen molar-refractivity contribution >= 4 is 0 Å². The minimum atomic E-state index is -0.119. The maximum absolute atomic E-state index is 3.56. The molecule has 0 fully saturated rings. The second-order valence-electron chi connectivity index (χ2n) is 5.65. The van der Waals surface area contributed by atoms with Crippen molar-refractivity contribution in [1.82, 2.24) is 0 Å². The molecule has 1 aromatic carbocycles. The van der Waals surface area contributed by atoms with E-state index in [0.29, 0.717) is 0 Å². The van der Waals surface area contributed by atoms with Crippen molar-refractivity contribution in [2.45, 2.75) is 51.4 Å². The first-order chi connectivity index (χ1) is 9.77. The van der Waals surface area contributed by atoms with Gasteiger partial charge in [0.1, 0.15) is 0 Å². The number of benzene rings is 1. The Morgan fingerprint density at radius 3 is 2.65 bits per heavy atom. The Bertz CT molecular complexity index is 536. The van der Waals surface area contributed by atoms with Gasteiger partial charge in [-0.1, -0.05) is 79.8 Å². The Morgan fingerprint density at radius 1 is 1.15 bits per heavy atom. The Kier molecular flexibility index (Phi) is 5.24. The van der Waals surface area contributed by atoms with E-state index < -0.39 is 0 Å². The molecule has 2 rings (SSSR count). The fourth-order valence-electron chi connectivity index (χ4n) is 2.71. The lowest BCUT2D eigenvalue weighted by Crippen LogP contribution is -2.23. The second-order valence-corrected chi connectivity index (χ2v) is 5.65. The van der Waals surface area contributed by atoms with Crippen LogP contribution in [0, 0.1) is 11.8 Å². The van der Waals surface area contributed by atoms with Crippen LogP contribution in [0.3, 0.4) is 0 Å². The zero-order chi connectivity index (χ0) is 14.3. The van der Waals surface area contributed by atoms with Gasteiger partial charge >= 0.3 is 0 Å². The van der Waals surface area contributed by atoms with E-state index in [0.717, 1.165) is 12.8 Å². The molecule has 1 unspecified atom stereocenters. The summed E-state index contributed by atoms with van der Waals surface area (Å²) in [5.74, 6) is 6.98. The third-order valence-electron chi connectivity index (χ3n) is 3.82. The van der Waals surface area contributed by atoms with Crippen molar-refractivity contribution in [3.8, 4) is 11.8 Å². The highest BCUT2D eigenvalue weighted by Gasteiger charge is 2.28. The Labute approximate surface area is 123 Å². The number of hydrogen-bond acceptors (Lipinski definition) is 0. The van der Waals surface area contributed by atoms with Gasteiger partial charge in [-0.15, -0.1) is 5.92 Å².